The first kappa shape index (κ1) is 16.7. The maximum Gasteiger partial charge on any atom is 0.323 e. The van der Waals surface area contributed by atoms with E-state index in [9.17, 15) is 9.59 Å². The van der Waals surface area contributed by atoms with E-state index in [0.717, 1.165) is 10.6 Å². The SMILES string of the molecule is CNC(=O)Cc1ccccc1NC(=O)Nc1cn[nH]c1-c1nccs1. The predicted molar refractivity (Wildman–Crippen MR) is 96.5 cm³/mol. The average molecular weight is 356 g/mol. The topological polar surface area (TPSA) is 112 Å². The molecule has 2 aromatic heterocycles. The van der Waals surface area contributed by atoms with Gasteiger partial charge in [0.15, 0.2) is 0 Å². The molecule has 3 amide bonds. The molecule has 3 rings (SSSR count). The van der Waals surface area contributed by atoms with Gasteiger partial charge >= 0.3 is 6.03 Å². The molecule has 4 N–H and O–H groups in total. The van der Waals surface area contributed by atoms with Crippen LogP contribution in [0, 0.1) is 0 Å². The van der Waals surface area contributed by atoms with E-state index in [1.807, 2.05) is 11.4 Å². The molecular formula is C16H16N6O2S. The van der Waals surface area contributed by atoms with Crippen molar-refractivity contribution in [3.63, 3.8) is 0 Å². The number of nitrogens with one attached hydrogen (secondary N) is 4. The summed E-state index contributed by atoms with van der Waals surface area (Å²) in [6.07, 6.45) is 3.38. The van der Waals surface area contributed by atoms with E-state index in [0.29, 0.717) is 17.1 Å². The number of nitrogens with zero attached hydrogens (tertiary/aromatic N) is 2. The van der Waals surface area contributed by atoms with E-state index in [1.165, 1.54) is 17.5 Å². The summed E-state index contributed by atoms with van der Waals surface area (Å²) in [4.78, 5) is 28.1. The van der Waals surface area contributed by atoms with Gasteiger partial charge in [-0.1, -0.05) is 18.2 Å². The van der Waals surface area contributed by atoms with Gasteiger partial charge in [0.1, 0.15) is 10.7 Å². The summed E-state index contributed by atoms with van der Waals surface area (Å²) in [5.74, 6) is -0.129. The van der Waals surface area contributed by atoms with E-state index in [4.69, 9.17) is 0 Å². The van der Waals surface area contributed by atoms with E-state index in [1.54, 1.807) is 31.4 Å². The van der Waals surface area contributed by atoms with Crippen molar-refractivity contribution >= 4 is 34.6 Å². The second kappa shape index (κ2) is 7.58. The maximum atomic E-state index is 12.3. The number of thiazole rings is 1. The molecule has 0 aliphatic heterocycles. The zero-order chi connectivity index (χ0) is 17.6. The molecule has 0 atom stereocenters. The van der Waals surface area contributed by atoms with Crippen LogP contribution in [0.4, 0.5) is 16.2 Å². The van der Waals surface area contributed by atoms with Crippen LogP contribution in [0.2, 0.25) is 0 Å². The highest BCUT2D eigenvalue weighted by atomic mass is 32.1. The van der Waals surface area contributed by atoms with E-state index in [-0.39, 0.29) is 12.3 Å². The van der Waals surface area contributed by atoms with Gasteiger partial charge in [-0.2, -0.15) is 5.10 Å². The number of H-pyrrole nitrogens is 1. The van der Waals surface area contributed by atoms with E-state index < -0.39 is 6.03 Å². The van der Waals surface area contributed by atoms with Crippen LogP contribution in [-0.4, -0.2) is 34.2 Å². The molecule has 0 spiro atoms. The van der Waals surface area contributed by atoms with Gasteiger partial charge < -0.3 is 16.0 Å². The summed E-state index contributed by atoms with van der Waals surface area (Å²) >= 11 is 1.44. The molecule has 0 fully saturated rings. The maximum absolute atomic E-state index is 12.3. The van der Waals surface area contributed by atoms with Gasteiger partial charge in [0.25, 0.3) is 0 Å². The smallest absolute Gasteiger partial charge is 0.323 e. The fraction of sp³-hybridized carbons (Fsp3) is 0.125. The summed E-state index contributed by atoms with van der Waals surface area (Å²) in [5.41, 5.74) is 2.47. The Morgan fingerprint density at radius 1 is 1.20 bits per heavy atom. The highest BCUT2D eigenvalue weighted by molar-refractivity contribution is 7.13. The summed E-state index contributed by atoms with van der Waals surface area (Å²) in [5, 5.41) is 17.4. The lowest BCUT2D eigenvalue weighted by Crippen LogP contribution is -2.23. The number of aromatic amines is 1. The standard InChI is InChI=1S/C16H16N6O2S/c1-17-13(23)8-10-4-2-3-5-11(10)20-16(24)21-12-9-19-22-14(12)15-18-6-7-25-15/h2-7,9H,8H2,1H3,(H,17,23)(H,19,22)(H2,20,21,24). The Labute approximate surface area is 147 Å². The minimum Gasteiger partial charge on any atom is -0.359 e. The highest BCUT2D eigenvalue weighted by Gasteiger charge is 2.14. The van der Waals surface area contributed by atoms with Crippen molar-refractivity contribution in [2.24, 2.45) is 0 Å². The van der Waals surface area contributed by atoms with Crippen molar-refractivity contribution in [1.29, 1.82) is 0 Å². The number of urea groups is 1. The zero-order valence-electron chi connectivity index (χ0n) is 13.4. The summed E-state index contributed by atoms with van der Waals surface area (Å²) in [6.45, 7) is 0. The van der Waals surface area contributed by atoms with Crippen LogP contribution in [0.25, 0.3) is 10.7 Å². The lowest BCUT2D eigenvalue weighted by Gasteiger charge is -2.11. The minimum atomic E-state index is -0.427. The molecule has 8 nitrogen and oxygen atoms in total. The molecule has 0 saturated heterocycles. The van der Waals surface area contributed by atoms with Crippen molar-refractivity contribution in [1.82, 2.24) is 20.5 Å². The molecule has 128 valence electrons. The van der Waals surface area contributed by atoms with Gasteiger partial charge in [-0.15, -0.1) is 11.3 Å². The molecule has 0 aliphatic carbocycles. The van der Waals surface area contributed by atoms with Gasteiger partial charge in [-0.25, -0.2) is 9.78 Å². The van der Waals surface area contributed by atoms with E-state index >= 15 is 0 Å². The van der Waals surface area contributed by atoms with Crippen LogP contribution in [-0.2, 0) is 11.2 Å². The molecule has 2 heterocycles. The Morgan fingerprint density at radius 3 is 2.76 bits per heavy atom. The highest BCUT2D eigenvalue weighted by Crippen LogP contribution is 2.27. The Balaban J connectivity index is 1.72. The normalized spacial score (nSPS) is 10.3. The number of para-hydroxylation sites is 1. The Morgan fingerprint density at radius 2 is 2.00 bits per heavy atom. The van der Waals surface area contributed by atoms with Crippen molar-refractivity contribution in [2.45, 2.75) is 6.42 Å². The van der Waals surface area contributed by atoms with Crippen LogP contribution in [0.5, 0.6) is 0 Å². The molecule has 0 aliphatic rings. The first-order valence-electron chi connectivity index (χ1n) is 7.47. The van der Waals surface area contributed by atoms with Crippen LogP contribution in [0.3, 0.4) is 0 Å². The molecule has 0 bridgehead atoms. The second-order valence-corrected chi connectivity index (χ2v) is 5.98. The number of hydrogen-bond donors (Lipinski definition) is 4. The number of hydrogen-bond acceptors (Lipinski definition) is 5. The number of aromatic nitrogens is 3. The largest absolute Gasteiger partial charge is 0.359 e. The van der Waals surface area contributed by atoms with Gasteiger partial charge in [0.2, 0.25) is 5.91 Å². The van der Waals surface area contributed by atoms with Crippen molar-refractivity contribution < 1.29 is 9.59 Å². The molecule has 0 radical (unpaired) electrons. The fourth-order valence-corrected chi connectivity index (χ4v) is 2.87. The number of likely N-dealkylation sites (N-methyl/N-ethyl adjacent to an activating group) is 1. The molecule has 1 aromatic carbocycles. The average Bonchev–Trinajstić information content (AvgIpc) is 3.27. The Bertz CT molecular complexity index is 874. The lowest BCUT2D eigenvalue weighted by molar-refractivity contribution is -0.119. The first-order valence-corrected chi connectivity index (χ1v) is 8.35. The summed E-state index contributed by atoms with van der Waals surface area (Å²) < 4.78 is 0. The monoisotopic (exact) mass is 356 g/mol. The Hall–Kier alpha value is -3.20. The molecule has 0 unspecified atom stereocenters. The van der Waals surface area contributed by atoms with E-state index in [2.05, 4.69) is 31.1 Å². The lowest BCUT2D eigenvalue weighted by atomic mass is 10.1. The number of anilines is 2. The molecule has 3 aromatic rings. The van der Waals surface area contributed by atoms with Gasteiger partial charge in [0.05, 0.1) is 18.3 Å². The third kappa shape index (κ3) is 4.01. The first-order chi connectivity index (χ1) is 12.2. The summed E-state index contributed by atoms with van der Waals surface area (Å²) in [7, 11) is 1.57. The van der Waals surface area contributed by atoms with Crippen molar-refractivity contribution in [2.75, 3.05) is 17.7 Å². The van der Waals surface area contributed by atoms with Crippen LogP contribution < -0.4 is 16.0 Å². The number of amides is 3. The zero-order valence-corrected chi connectivity index (χ0v) is 14.2. The van der Waals surface area contributed by atoms with Gasteiger partial charge in [-0.3, -0.25) is 9.89 Å². The van der Waals surface area contributed by atoms with Gasteiger partial charge in [-0.05, 0) is 11.6 Å². The summed E-state index contributed by atoms with van der Waals surface area (Å²) in [6, 6.07) is 6.72. The number of rotatable bonds is 5. The van der Waals surface area contributed by atoms with Crippen molar-refractivity contribution in [3.05, 3.63) is 47.6 Å². The number of carbonyl (C=O) groups is 2. The molecule has 0 saturated carbocycles. The molecular weight excluding hydrogens is 340 g/mol. The third-order valence-corrected chi connectivity index (χ3v) is 4.22. The molecule has 25 heavy (non-hydrogen) atoms. The Kier molecular flexibility index (Phi) is 5.05. The van der Waals surface area contributed by atoms with Crippen LogP contribution in [0.15, 0.2) is 42.0 Å². The quantitative estimate of drug-likeness (QED) is 0.562. The minimum absolute atomic E-state index is 0.129. The second-order valence-electron chi connectivity index (χ2n) is 5.08. The van der Waals surface area contributed by atoms with Crippen LogP contribution >= 0.6 is 11.3 Å². The van der Waals surface area contributed by atoms with Crippen LogP contribution in [0.1, 0.15) is 5.56 Å². The third-order valence-electron chi connectivity index (χ3n) is 3.43. The number of carbonyl (C=O) groups excluding carboxylic acids is 2. The predicted octanol–water partition coefficient (Wildman–Crippen LogP) is 2.47. The fourth-order valence-electron chi connectivity index (χ4n) is 2.22. The number of benzene rings is 1. The molecule has 9 heteroatoms. The van der Waals surface area contributed by atoms with Crippen molar-refractivity contribution in [3.8, 4) is 10.7 Å². The van der Waals surface area contributed by atoms with Gasteiger partial charge in [0, 0.05) is 24.3 Å².